The van der Waals surface area contributed by atoms with Crippen LogP contribution in [0.25, 0.3) is 11.3 Å². The van der Waals surface area contributed by atoms with Crippen molar-refractivity contribution in [1.82, 2.24) is 15.3 Å². The molecule has 5 rings (SSSR count). The highest BCUT2D eigenvalue weighted by Gasteiger charge is 2.28. The Morgan fingerprint density at radius 2 is 1.80 bits per heavy atom. The minimum absolute atomic E-state index is 0.0588. The van der Waals surface area contributed by atoms with E-state index in [1.54, 1.807) is 13.2 Å². The molecule has 0 spiro atoms. The van der Waals surface area contributed by atoms with Gasteiger partial charge in [-0.2, -0.15) is 0 Å². The number of rotatable bonds is 9. The minimum atomic E-state index is -0.177. The number of hydrogen-bond acceptors (Lipinski definition) is 5. The zero-order valence-corrected chi connectivity index (χ0v) is 19.8. The Morgan fingerprint density at radius 1 is 0.971 bits per heavy atom. The molecule has 0 bridgehead atoms. The second-order valence-electron chi connectivity index (χ2n) is 8.75. The van der Waals surface area contributed by atoms with Gasteiger partial charge in [-0.1, -0.05) is 54.6 Å². The number of aromatic nitrogens is 2. The van der Waals surface area contributed by atoms with Crippen LogP contribution < -0.4 is 10.6 Å². The number of hydrogen-bond donors (Lipinski definition) is 2. The molecule has 1 aliphatic carbocycles. The third-order valence-electron chi connectivity index (χ3n) is 6.42. The summed E-state index contributed by atoms with van der Waals surface area (Å²) in [6, 6.07) is 23.5. The van der Waals surface area contributed by atoms with Gasteiger partial charge in [0.15, 0.2) is 0 Å². The number of benzene rings is 3. The molecular weight excluding hydrogens is 439 g/mol. The Morgan fingerprint density at radius 3 is 2.66 bits per heavy atom. The first-order valence-electron chi connectivity index (χ1n) is 12.0. The molecule has 6 heteroatoms. The molecule has 0 saturated heterocycles. The Bertz CT molecular complexity index is 1310. The predicted octanol–water partition coefficient (Wildman–Crippen LogP) is 5.49. The average molecular weight is 469 g/mol. The zero-order chi connectivity index (χ0) is 24.0. The summed E-state index contributed by atoms with van der Waals surface area (Å²) in [6.45, 7) is 2.44. The summed E-state index contributed by atoms with van der Waals surface area (Å²) in [7, 11) is 1.71. The van der Waals surface area contributed by atoms with E-state index in [-0.39, 0.29) is 11.7 Å². The molecule has 1 aromatic heterocycles. The van der Waals surface area contributed by atoms with Crippen LogP contribution in [-0.2, 0) is 17.6 Å². The molecule has 1 heterocycles. The summed E-state index contributed by atoms with van der Waals surface area (Å²) in [5.41, 5.74) is 6.95. The molecule has 5 nitrogen and oxygen atoms in total. The van der Waals surface area contributed by atoms with Crippen LogP contribution >= 0.6 is 0 Å². The van der Waals surface area contributed by atoms with Gasteiger partial charge in [0.2, 0.25) is 5.95 Å². The average Bonchev–Trinajstić information content (AvgIpc) is 2.89. The van der Waals surface area contributed by atoms with E-state index in [1.807, 2.05) is 42.6 Å². The third-order valence-corrected chi connectivity index (χ3v) is 6.42. The van der Waals surface area contributed by atoms with Crippen LogP contribution in [0.2, 0.25) is 0 Å². The maximum Gasteiger partial charge on any atom is 0.227 e. The van der Waals surface area contributed by atoms with Gasteiger partial charge in [-0.3, -0.25) is 0 Å². The van der Waals surface area contributed by atoms with Gasteiger partial charge >= 0.3 is 0 Å². The largest absolute Gasteiger partial charge is 0.383 e. The number of halogens is 1. The van der Waals surface area contributed by atoms with E-state index >= 15 is 0 Å². The highest BCUT2D eigenvalue weighted by atomic mass is 19.1. The van der Waals surface area contributed by atoms with E-state index in [0.29, 0.717) is 24.5 Å². The lowest BCUT2D eigenvalue weighted by molar-refractivity contribution is 0.199. The molecule has 0 amide bonds. The molecule has 0 aliphatic heterocycles. The van der Waals surface area contributed by atoms with Gasteiger partial charge in [0.1, 0.15) is 5.82 Å². The third kappa shape index (κ3) is 5.24. The quantitative estimate of drug-likeness (QED) is 0.318. The highest BCUT2D eigenvalue weighted by molar-refractivity contribution is 5.73. The van der Waals surface area contributed by atoms with Crippen LogP contribution in [0.3, 0.4) is 0 Å². The fourth-order valence-corrected chi connectivity index (χ4v) is 4.70. The van der Waals surface area contributed by atoms with Crippen molar-refractivity contribution in [3.8, 4) is 11.3 Å². The number of nitrogens with one attached hydrogen (secondary N) is 2. The molecule has 2 N–H and O–H groups in total. The van der Waals surface area contributed by atoms with Gasteiger partial charge < -0.3 is 15.4 Å². The van der Waals surface area contributed by atoms with Gasteiger partial charge in [0, 0.05) is 37.0 Å². The summed E-state index contributed by atoms with van der Waals surface area (Å²) in [4.78, 5) is 9.48. The molecule has 1 aliphatic rings. The first-order valence-corrected chi connectivity index (χ1v) is 12.0. The Balaban J connectivity index is 1.37. The number of anilines is 2. The Hall–Kier alpha value is -3.61. The summed E-state index contributed by atoms with van der Waals surface area (Å²) in [5.74, 6) is 0.318. The molecule has 0 fully saturated rings. The van der Waals surface area contributed by atoms with Gasteiger partial charge in [-0.25, -0.2) is 14.4 Å². The van der Waals surface area contributed by atoms with Crippen molar-refractivity contribution in [3.63, 3.8) is 0 Å². The van der Waals surface area contributed by atoms with Crippen molar-refractivity contribution in [2.24, 2.45) is 0 Å². The van der Waals surface area contributed by atoms with Crippen molar-refractivity contribution in [2.45, 2.75) is 18.8 Å². The van der Waals surface area contributed by atoms with Crippen LogP contribution in [0.15, 0.2) is 79.0 Å². The second-order valence-corrected chi connectivity index (χ2v) is 8.75. The van der Waals surface area contributed by atoms with Crippen LogP contribution in [0.1, 0.15) is 28.2 Å². The lowest BCUT2D eigenvalue weighted by atomic mass is 9.78. The fourth-order valence-electron chi connectivity index (χ4n) is 4.70. The zero-order valence-electron chi connectivity index (χ0n) is 19.8. The first-order chi connectivity index (χ1) is 17.2. The predicted molar refractivity (Wildman–Crippen MR) is 138 cm³/mol. The van der Waals surface area contributed by atoms with E-state index in [4.69, 9.17) is 9.72 Å². The van der Waals surface area contributed by atoms with Gasteiger partial charge in [-0.05, 0) is 59.8 Å². The van der Waals surface area contributed by atoms with Gasteiger partial charge in [0.05, 0.1) is 12.3 Å². The summed E-state index contributed by atoms with van der Waals surface area (Å²) in [6.07, 6.45) is 3.46. The van der Waals surface area contributed by atoms with E-state index in [9.17, 15) is 4.39 Å². The van der Waals surface area contributed by atoms with Crippen LogP contribution in [0.5, 0.6) is 0 Å². The molecule has 0 saturated carbocycles. The van der Waals surface area contributed by atoms with Crippen molar-refractivity contribution >= 4 is 11.6 Å². The second kappa shape index (κ2) is 10.8. The molecule has 35 heavy (non-hydrogen) atoms. The Kier molecular flexibility index (Phi) is 7.12. The number of fused-ring (bicyclic) bond motifs is 3. The molecule has 1 atom stereocenters. The molecule has 178 valence electrons. The maximum absolute atomic E-state index is 14.7. The first kappa shape index (κ1) is 23.1. The van der Waals surface area contributed by atoms with Crippen molar-refractivity contribution in [1.29, 1.82) is 0 Å². The number of ether oxygens (including phenoxy) is 1. The molecule has 4 aromatic rings. The van der Waals surface area contributed by atoms with Crippen LogP contribution in [0.4, 0.5) is 16.0 Å². The van der Waals surface area contributed by atoms with Gasteiger partial charge in [0.25, 0.3) is 0 Å². The Labute approximate surface area is 205 Å². The van der Waals surface area contributed by atoms with E-state index in [0.717, 1.165) is 47.6 Å². The lowest BCUT2D eigenvalue weighted by Crippen LogP contribution is -2.21. The maximum atomic E-state index is 14.7. The molecule has 0 radical (unpaired) electrons. The summed E-state index contributed by atoms with van der Waals surface area (Å²) in [5, 5.41) is 6.74. The van der Waals surface area contributed by atoms with E-state index in [1.165, 1.54) is 11.6 Å². The van der Waals surface area contributed by atoms with Gasteiger partial charge in [-0.15, -0.1) is 0 Å². The number of methoxy groups -OCH3 is 1. The minimum Gasteiger partial charge on any atom is -0.383 e. The molecule has 1 unspecified atom stereocenters. The SMILES string of the molecule is COCCNCCc1cccc(Nc2ncc3c(n2)-c2ccccc2C(c2ccccc2F)C3)c1. The fraction of sp³-hybridized carbons (Fsp3) is 0.241. The highest BCUT2D eigenvalue weighted by Crippen LogP contribution is 2.42. The van der Waals surface area contributed by atoms with Crippen LogP contribution in [0, 0.1) is 5.82 Å². The monoisotopic (exact) mass is 468 g/mol. The topological polar surface area (TPSA) is 59.1 Å². The lowest BCUT2D eigenvalue weighted by Gasteiger charge is -2.27. The van der Waals surface area contributed by atoms with E-state index in [2.05, 4.69) is 39.9 Å². The van der Waals surface area contributed by atoms with Crippen molar-refractivity contribution in [3.05, 3.63) is 107 Å². The van der Waals surface area contributed by atoms with Crippen molar-refractivity contribution < 1.29 is 9.13 Å². The normalized spacial score (nSPS) is 14.3. The number of nitrogens with zero attached hydrogens (tertiary/aromatic N) is 2. The smallest absolute Gasteiger partial charge is 0.227 e. The van der Waals surface area contributed by atoms with E-state index < -0.39 is 0 Å². The van der Waals surface area contributed by atoms with Crippen LogP contribution in [-0.4, -0.2) is 36.8 Å². The summed E-state index contributed by atoms with van der Waals surface area (Å²) < 4.78 is 19.7. The molecule has 3 aromatic carbocycles. The standard InChI is InChI=1S/C29H29FN4O/c1-35-16-15-31-14-13-20-7-6-8-22(17-20)33-29-32-19-21-18-26(24-10-4-5-12-27(24)30)23-9-2-3-11-25(23)28(21)34-29/h2-12,17,19,26,31H,13-16,18H2,1H3,(H,32,33,34). The van der Waals surface area contributed by atoms with Crippen molar-refractivity contribution in [2.75, 3.05) is 32.1 Å². The molecular formula is C29H29FN4O. The summed E-state index contributed by atoms with van der Waals surface area (Å²) >= 11 is 0.